The second-order valence-electron chi connectivity index (χ2n) is 13.3. The molecule has 0 radical (unpaired) electrons. The molecule has 0 aliphatic carbocycles. The van der Waals surface area contributed by atoms with Gasteiger partial charge in [-0.3, -0.25) is 9.97 Å². The number of phenols is 2. The maximum absolute atomic E-state index is 10.9. The number of nitrogens with zero attached hydrogens (tertiary/aromatic N) is 4. The van der Waals surface area contributed by atoms with Crippen molar-refractivity contribution in [2.45, 2.75) is 0 Å². The second kappa shape index (κ2) is 12.7. The topological polar surface area (TPSA) is 92.0 Å². The summed E-state index contributed by atoms with van der Waals surface area (Å²) in [6.45, 7) is 0. The van der Waals surface area contributed by atoms with Crippen molar-refractivity contribution < 1.29 is 10.2 Å². The second-order valence-corrected chi connectivity index (χ2v) is 13.3. The van der Waals surface area contributed by atoms with Crippen LogP contribution >= 0.6 is 0 Å². The van der Waals surface area contributed by atoms with E-state index in [4.69, 9.17) is 9.97 Å². The lowest BCUT2D eigenvalue weighted by Crippen LogP contribution is -1.97. The summed E-state index contributed by atoms with van der Waals surface area (Å²) in [6, 6.07) is 52.5. The first-order valence-electron chi connectivity index (χ1n) is 17.8. The van der Waals surface area contributed by atoms with Gasteiger partial charge in [0.05, 0.1) is 11.4 Å². The fraction of sp³-hybridized carbons (Fsp3) is 0. The van der Waals surface area contributed by atoms with Gasteiger partial charge in [-0.2, -0.15) is 0 Å². The Labute approximate surface area is 310 Å². The lowest BCUT2D eigenvalue weighted by molar-refractivity contribution is 0.480. The quantitative estimate of drug-likeness (QED) is 0.174. The largest absolute Gasteiger partial charge is 0.506 e. The van der Waals surface area contributed by atoms with Gasteiger partial charge in [0.15, 0.2) is 5.82 Å². The molecule has 0 atom stereocenters. The molecular weight excluding hydrogens is 665 g/mol. The van der Waals surface area contributed by atoms with Gasteiger partial charge in [-0.25, -0.2) is 9.97 Å². The third kappa shape index (κ3) is 5.12. The molecule has 0 aliphatic rings. The number of rotatable bonds is 5. The third-order valence-electron chi connectivity index (χ3n) is 10.2. The number of phenolic OH excluding ortho intramolecular Hbond substituents is 2. The number of hydrogen-bond donors (Lipinski definition) is 2. The molecule has 0 fully saturated rings. The van der Waals surface area contributed by atoms with E-state index in [1.54, 1.807) is 24.5 Å². The number of fused-ring (bicyclic) bond motifs is 4. The predicted molar refractivity (Wildman–Crippen MR) is 218 cm³/mol. The number of aromatic nitrogens is 4. The number of hydrogen-bond acceptors (Lipinski definition) is 6. The molecule has 0 spiro atoms. The van der Waals surface area contributed by atoms with E-state index in [2.05, 4.69) is 70.6 Å². The summed E-state index contributed by atoms with van der Waals surface area (Å²) < 4.78 is 0. The predicted octanol–water partition coefficient (Wildman–Crippen LogP) is 11.6. The minimum absolute atomic E-state index is 0.131. The van der Waals surface area contributed by atoms with E-state index in [0.29, 0.717) is 16.9 Å². The van der Waals surface area contributed by atoms with Gasteiger partial charge >= 0.3 is 0 Å². The molecule has 254 valence electrons. The zero-order valence-electron chi connectivity index (χ0n) is 28.8. The average Bonchev–Trinajstić information content (AvgIpc) is 3.24. The summed E-state index contributed by atoms with van der Waals surface area (Å²) >= 11 is 0. The van der Waals surface area contributed by atoms with Crippen molar-refractivity contribution in [1.29, 1.82) is 0 Å². The number of pyridine rings is 2. The SMILES string of the molecule is Oc1ccc(-c2c3ccccc3c(-c3ccc(O)c4ncccc34)c3cc(-c4cc(-c5ccccc5)nc(-c5ccccc5)n4)ccc23)c2cccnc12. The van der Waals surface area contributed by atoms with Crippen molar-refractivity contribution in [3.05, 3.63) is 170 Å². The molecule has 54 heavy (non-hydrogen) atoms. The van der Waals surface area contributed by atoms with E-state index in [1.807, 2.05) is 84.9 Å². The molecule has 3 heterocycles. The highest BCUT2D eigenvalue weighted by atomic mass is 16.3. The Morgan fingerprint density at radius 3 is 1.43 bits per heavy atom. The molecule has 10 aromatic rings. The van der Waals surface area contributed by atoms with Gasteiger partial charge in [-0.05, 0) is 92.3 Å². The van der Waals surface area contributed by atoms with Crippen LogP contribution < -0.4 is 0 Å². The molecule has 7 aromatic carbocycles. The molecule has 3 aromatic heterocycles. The molecule has 0 amide bonds. The van der Waals surface area contributed by atoms with Gasteiger partial charge in [0, 0.05) is 39.9 Å². The summed E-state index contributed by atoms with van der Waals surface area (Å²) in [5.41, 5.74) is 9.55. The van der Waals surface area contributed by atoms with E-state index in [-0.39, 0.29) is 11.5 Å². The van der Waals surface area contributed by atoms with E-state index < -0.39 is 0 Å². The van der Waals surface area contributed by atoms with Crippen molar-refractivity contribution in [1.82, 2.24) is 19.9 Å². The minimum atomic E-state index is 0.131. The Balaban J connectivity index is 1.34. The van der Waals surface area contributed by atoms with Crippen molar-refractivity contribution >= 4 is 43.4 Å². The van der Waals surface area contributed by atoms with Crippen LogP contribution in [0.15, 0.2) is 170 Å². The average molecular weight is 695 g/mol. The smallest absolute Gasteiger partial charge is 0.160 e. The highest BCUT2D eigenvalue weighted by Crippen LogP contribution is 2.48. The summed E-state index contributed by atoms with van der Waals surface area (Å²) in [5, 5.41) is 27.6. The molecule has 0 saturated heterocycles. The van der Waals surface area contributed by atoms with E-state index in [9.17, 15) is 10.2 Å². The van der Waals surface area contributed by atoms with Crippen LogP contribution in [0.3, 0.4) is 0 Å². The Bertz CT molecular complexity index is 3020. The van der Waals surface area contributed by atoms with Gasteiger partial charge in [0.2, 0.25) is 0 Å². The summed E-state index contributed by atoms with van der Waals surface area (Å²) in [5.74, 6) is 0.911. The minimum Gasteiger partial charge on any atom is -0.506 e. The Morgan fingerprint density at radius 1 is 0.352 bits per heavy atom. The summed E-state index contributed by atoms with van der Waals surface area (Å²) in [4.78, 5) is 19.3. The highest BCUT2D eigenvalue weighted by Gasteiger charge is 2.22. The Kier molecular flexibility index (Phi) is 7.34. The summed E-state index contributed by atoms with van der Waals surface area (Å²) in [6.07, 6.45) is 3.41. The van der Waals surface area contributed by atoms with Crippen molar-refractivity contribution in [3.63, 3.8) is 0 Å². The first kappa shape index (κ1) is 31.3. The zero-order chi connectivity index (χ0) is 36.2. The molecule has 2 N–H and O–H groups in total. The fourth-order valence-corrected chi connectivity index (χ4v) is 7.74. The monoisotopic (exact) mass is 694 g/mol. The fourth-order valence-electron chi connectivity index (χ4n) is 7.74. The Hall–Kier alpha value is -7.44. The van der Waals surface area contributed by atoms with Gasteiger partial charge in [-0.15, -0.1) is 0 Å². The van der Waals surface area contributed by atoms with Crippen LogP contribution in [-0.4, -0.2) is 30.1 Å². The van der Waals surface area contributed by atoms with Crippen LogP contribution in [0.25, 0.3) is 99.5 Å². The van der Waals surface area contributed by atoms with Gasteiger partial charge in [-0.1, -0.05) is 109 Å². The first-order valence-corrected chi connectivity index (χ1v) is 17.8. The van der Waals surface area contributed by atoms with Gasteiger partial charge in [0.25, 0.3) is 0 Å². The zero-order valence-corrected chi connectivity index (χ0v) is 28.8. The van der Waals surface area contributed by atoms with Crippen LogP contribution in [0.1, 0.15) is 0 Å². The van der Waals surface area contributed by atoms with Crippen molar-refractivity contribution in [2.24, 2.45) is 0 Å². The van der Waals surface area contributed by atoms with E-state index in [1.165, 1.54) is 0 Å². The van der Waals surface area contributed by atoms with Crippen molar-refractivity contribution in [3.8, 4) is 67.7 Å². The molecule has 6 heteroatoms. The molecule has 10 rings (SSSR count). The van der Waals surface area contributed by atoms with Crippen LogP contribution in [0.4, 0.5) is 0 Å². The van der Waals surface area contributed by atoms with Crippen LogP contribution in [0, 0.1) is 0 Å². The molecular formula is C48H30N4O2. The first-order chi connectivity index (χ1) is 26.6. The maximum atomic E-state index is 10.9. The number of aromatic hydroxyl groups is 2. The van der Waals surface area contributed by atoms with Crippen LogP contribution in [0.5, 0.6) is 11.5 Å². The van der Waals surface area contributed by atoms with E-state index >= 15 is 0 Å². The lowest BCUT2D eigenvalue weighted by atomic mass is 9.83. The number of benzene rings is 7. The normalized spacial score (nSPS) is 11.5. The van der Waals surface area contributed by atoms with Crippen LogP contribution in [0.2, 0.25) is 0 Å². The third-order valence-corrected chi connectivity index (χ3v) is 10.2. The maximum Gasteiger partial charge on any atom is 0.160 e. The van der Waals surface area contributed by atoms with Gasteiger partial charge in [0.1, 0.15) is 22.5 Å². The Morgan fingerprint density at radius 2 is 0.833 bits per heavy atom. The van der Waals surface area contributed by atoms with Gasteiger partial charge < -0.3 is 10.2 Å². The molecule has 0 bridgehead atoms. The van der Waals surface area contributed by atoms with Crippen molar-refractivity contribution in [2.75, 3.05) is 0 Å². The molecule has 0 saturated carbocycles. The van der Waals surface area contributed by atoms with E-state index in [0.717, 1.165) is 82.6 Å². The highest BCUT2D eigenvalue weighted by molar-refractivity contribution is 6.25. The molecule has 0 unspecified atom stereocenters. The van der Waals surface area contributed by atoms with Crippen LogP contribution in [-0.2, 0) is 0 Å². The standard InChI is InChI=1S/C48H30N4O2/c53-42-23-21-34(37-17-9-25-49-46(37)42)44-32-15-7-8-16-33(32)45(35-22-24-43(54)47-38(35)18-10-26-50-47)39-27-31(19-20-36(39)44)41-28-40(29-11-3-1-4-12-29)51-48(52-41)30-13-5-2-6-14-30/h1-28,53-54H. The summed E-state index contributed by atoms with van der Waals surface area (Å²) in [7, 11) is 0. The molecule has 0 aliphatic heterocycles. The lowest BCUT2D eigenvalue weighted by Gasteiger charge is -2.20. The molecule has 6 nitrogen and oxygen atoms in total.